The maximum atomic E-state index is 12.8. The van der Waals surface area contributed by atoms with Crippen LogP contribution in [0.5, 0.6) is 0 Å². The third-order valence-electron chi connectivity index (χ3n) is 4.94. The van der Waals surface area contributed by atoms with Gasteiger partial charge in [0.1, 0.15) is 5.82 Å². The highest BCUT2D eigenvalue weighted by Crippen LogP contribution is 2.26. The fourth-order valence-electron chi connectivity index (χ4n) is 3.05. The molecule has 8 nitrogen and oxygen atoms in total. The van der Waals surface area contributed by atoms with Crippen molar-refractivity contribution in [1.29, 1.82) is 0 Å². The van der Waals surface area contributed by atoms with Gasteiger partial charge in [0.25, 0.3) is 0 Å². The van der Waals surface area contributed by atoms with Crippen LogP contribution in [-0.2, 0) is 24.5 Å². The zero-order valence-electron chi connectivity index (χ0n) is 19.9. The Morgan fingerprint density at radius 3 is 2.31 bits per heavy atom. The molecule has 0 unspecified atom stereocenters. The average Bonchev–Trinajstić information content (AvgIpc) is 3.15. The van der Waals surface area contributed by atoms with Crippen LogP contribution in [-0.4, -0.2) is 52.2 Å². The topological polar surface area (TPSA) is 93.5 Å². The summed E-state index contributed by atoms with van der Waals surface area (Å²) in [4.78, 5) is 38.2. The summed E-state index contributed by atoms with van der Waals surface area (Å²) in [7, 11) is 0. The molecular formula is C24H34N4O4. The lowest BCUT2D eigenvalue weighted by Gasteiger charge is -2.20. The number of esters is 1. The van der Waals surface area contributed by atoms with Gasteiger partial charge in [-0.2, -0.15) is 5.10 Å². The van der Waals surface area contributed by atoms with E-state index < -0.39 is 5.97 Å². The Morgan fingerprint density at radius 2 is 1.75 bits per heavy atom. The van der Waals surface area contributed by atoms with E-state index in [0.717, 1.165) is 16.9 Å². The van der Waals surface area contributed by atoms with Crippen molar-refractivity contribution in [3.8, 4) is 5.69 Å². The van der Waals surface area contributed by atoms with Crippen LogP contribution in [0.4, 0.5) is 5.82 Å². The molecule has 0 spiro atoms. The largest absolute Gasteiger partial charge is 0.466 e. The molecule has 174 valence electrons. The number of aromatic nitrogens is 2. The van der Waals surface area contributed by atoms with Crippen molar-refractivity contribution in [1.82, 2.24) is 14.7 Å². The minimum atomic E-state index is -0.418. The smallest absolute Gasteiger partial charge is 0.306 e. The lowest BCUT2D eigenvalue weighted by atomic mass is 9.92. The number of nitrogens with one attached hydrogen (secondary N) is 1. The number of carbonyl (C=O) groups is 3. The Labute approximate surface area is 189 Å². The van der Waals surface area contributed by atoms with Crippen LogP contribution in [0.3, 0.4) is 0 Å². The first-order valence-electron chi connectivity index (χ1n) is 11.0. The summed E-state index contributed by atoms with van der Waals surface area (Å²) < 4.78 is 6.56. The molecule has 2 rings (SSSR count). The Hall–Kier alpha value is -3.16. The second-order valence-electron chi connectivity index (χ2n) is 8.67. The lowest BCUT2D eigenvalue weighted by molar-refractivity contribution is -0.145. The molecule has 1 heterocycles. The van der Waals surface area contributed by atoms with Gasteiger partial charge >= 0.3 is 5.97 Å². The number of nitrogens with zero attached hydrogens (tertiary/aromatic N) is 3. The number of anilines is 1. The highest BCUT2D eigenvalue weighted by Gasteiger charge is 2.23. The molecule has 0 bridgehead atoms. The third kappa shape index (κ3) is 6.93. The van der Waals surface area contributed by atoms with Crippen molar-refractivity contribution in [3.05, 3.63) is 41.6 Å². The number of amides is 2. The number of rotatable bonds is 9. The summed E-state index contributed by atoms with van der Waals surface area (Å²) in [5.74, 6) is -0.472. The maximum Gasteiger partial charge on any atom is 0.306 e. The van der Waals surface area contributed by atoms with E-state index in [9.17, 15) is 14.4 Å². The van der Waals surface area contributed by atoms with E-state index in [2.05, 4.69) is 26.1 Å². The van der Waals surface area contributed by atoms with E-state index in [1.165, 1.54) is 4.90 Å². The fraction of sp³-hybridized carbons (Fsp3) is 0.500. The molecule has 1 aromatic heterocycles. The van der Waals surface area contributed by atoms with Crippen LogP contribution in [0.2, 0.25) is 0 Å². The standard InChI is InChI=1S/C24H34N4O4/c1-7-27(22(30)13-14-23(31)32-8-2)16-21(29)25-20-15-19(24(4,5)6)26-28(20)18-11-9-17(3)10-12-18/h9-12,15H,7-8,13-14,16H2,1-6H3,(H,25,29). The molecule has 32 heavy (non-hydrogen) atoms. The Bertz CT molecular complexity index is 942. The summed E-state index contributed by atoms with van der Waals surface area (Å²) in [6.45, 7) is 12.2. The van der Waals surface area contributed by atoms with Crippen molar-refractivity contribution < 1.29 is 19.1 Å². The van der Waals surface area contributed by atoms with E-state index in [1.54, 1.807) is 18.5 Å². The number of likely N-dealkylation sites (N-methyl/N-ethyl adjacent to an activating group) is 1. The zero-order chi connectivity index (χ0) is 23.9. The summed E-state index contributed by atoms with van der Waals surface area (Å²) >= 11 is 0. The van der Waals surface area contributed by atoms with Gasteiger partial charge in [-0.25, -0.2) is 4.68 Å². The normalized spacial score (nSPS) is 11.2. The van der Waals surface area contributed by atoms with Gasteiger partial charge in [-0.15, -0.1) is 0 Å². The van der Waals surface area contributed by atoms with Crippen LogP contribution in [0.15, 0.2) is 30.3 Å². The Morgan fingerprint density at radius 1 is 1.09 bits per heavy atom. The highest BCUT2D eigenvalue weighted by atomic mass is 16.5. The monoisotopic (exact) mass is 442 g/mol. The van der Waals surface area contributed by atoms with Crippen LogP contribution >= 0.6 is 0 Å². The molecule has 0 aliphatic heterocycles. The van der Waals surface area contributed by atoms with Crippen molar-refractivity contribution >= 4 is 23.6 Å². The van der Waals surface area contributed by atoms with Gasteiger partial charge in [-0.1, -0.05) is 38.5 Å². The van der Waals surface area contributed by atoms with Crippen molar-refractivity contribution in [2.75, 3.05) is 25.0 Å². The molecule has 0 fully saturated rings. The lowest BCUT2D eigenvalue weighted by Crippen LogP contribution is -2.38. The molecule has 1 N–H and O–H groups in total. The van der Waals surface area contributed by atoms with Crippen molar-refractivity contribution in [2.24, 2.45) is 0 Å². The van der Waals surface area contributed by atoms with Crippen molar-refractivity contribution in [2.45, 2.75) is 59.8 Å². The Kier molecular flexibility index (Phi) is 8.57. The minimum Gasteiger partial charge on any atom is -0.466 e. The predicted molar refractivity (Wildman–Crippen MR) is 124 cm³/mol. The molecule has 0 radical (unpaired) electrons. The van der Waals surface area contributed by atoms with Crippen LogP contribution in [0, 0.1) is 6.92 Å². The molecule has 0 aliphatic rings. The Balaban J connectivity index is 2.15. The number of benzene rings is 1. The fourth-order valence-corrected chi connectivity index (χ4v) is 3.05. The summed E-state index contributed by atoms with van der Waals surface area (Å²) in [5.41, 5.74) is 2.60. The second-order valence-corrected chi connectivity index (χ2v) is 8.67. The number of aryl methyl sites for hydroxylation is 1. The van der Waals surface area contributed by atoms with Gasteiger partial charge in [-0.3, -0.25) is 14.4 Å². The van der Waals surface area contributed by atoms with Crippen LogP contribution < -0.4 is 5.32 Å². The molecule has 8 heteroatoms. The summed E-state index contributed by atoms with van der Waals surface area (Å²) in [5, 5.41) is 7.60. The van der Waals surface area contributed by atoms with Gasteiger partial charge < -0.3 is 15.0 Å². The number of hydrogen-bond donors (Lipinski definition) is 1. The maximum absolute atomic E-state index is 12.8. The number of hydrogen-bond acceptors (Lipinski definition) is 5. The third-order valence-corrected chi connectivity index (χ3v) is 4.94. The minimum absolute atomic E-state index is 0.0000699. The second kappa shape index (κ2) is 10.9. The molecular weight excluding hydrogens is 408 g/mol. The first-order valence-corrected chi connectivity index (χ1v) is 11.0. The van der Waals surface area contributed by atoms with Gasteiger partial charge in [0.05, 0.1) is 31.0 Å². The molecule has 0 aliphatic carbocycles. The number of ether oxygens (including phenoxy) is 1. The molecule has 0 saturated heterocycles. The highest BCUT2D eigenvalue weighted by molar-refractivity contribution is 5.94. The van der Waals surface area contributed by atoms with Gasteiger partial charge in [0.15, 0.2) is 0 Å². The van der Waals surface area contributed by atoms with E-state index in [4.69, 9.17) is 9.84 Å². The zero-order valence-corrected chi connectivity index (χ0v) is 19.9. The quantitative estimate of drug-likeness (QED) is 0.599. The SMILES string of the molecule is CCOC(=O)CCC(=O)N(CC)CC(=O)Nc1cc(C(C)(C)C)nn1-c1ccc(C)cc1. The predicted octanol–water partition coefficient (Wildman–Crippen LogP) is 3.61. The first-order chi connectivity index (χ1) is 15.0. The van der Waals surface area contributed by atoms with E-state index in [-0.39, 0.29) is 43.2 Å². The van der Waals surface area contributed by atoms with Crippen LogP contribution in [0.25, 0.3) is 5.69 Å². The van der Waals surface area contributed by atoms with Gasteiger partial charge in [0, 0.05) is 24.4 Å². The summed E-state index contributed by atoms with van der Waals surface area (Å²) in [6, 6.07) is 9.72. The van der Waals surface area contributed by atoms with Gasteiger partial charge in [-0.05, 0) is 32.9 Å². The number of carbonyl (C=O) groups excluding carboxylic acids is 3. The van der Waals surface area contributed by atoms with E-state index in [1.807, 2.05) is 37.3 Å². The molecule has 2 amide bonds. The van der Waals surface area contributed by atoms with E-state index >= 15 is 0 Å². The first kappa shape index (κ1) is 25.1. The average molecular weight is 443 g/mol. The van der Waals surface area contributed by atoms with E-state index in [0.29, 0.717) is 12.4 Å². The van der Waals surface area contributed by atoms with Crippen molar-refractivity contribution in [3.63, 3.8) is 0 Å². The van der Waals surface area contributed by atoms with Gasteiger partial charge in [0.2, 0.25) is 11.8 Å². The molecule has 0 atom stereocenters. The molecule has 1 aromatic carbocycles. The summed E-state index contributed by atoms with van der Waals surface area (Å²) in [6.07, 6.45) is 0.00928. The molecule has 0 saturated carbocycles. The molecule has 2 aromatic rings. The van der Waals surface area contributed by atoms with Crippen LogP contribution in [0.1, 0.15) is 58.7 Å².